The molecule has 1 unspecified atom stereocenters. The highest BCUT2D eigenvalue weighted by molar-refractivity contribution is 7.89. The molecular formula is C17H22FN5O3S. The third kappa shape index (κ3) is 4.01. The summed E-state index contributed by atoms with van der Waals surface area (Å²) in [6.07, 6.45) is 4.78. The number of rotatable bonds is 5. The molecule has 146 valence electrons. The molecule has 1 N–H and O–H groups in total. The Bertz CT molecular complexity index is 912. The lowest BCUT2D eigenvalue weighted by molar-refractivity contribution is -0.135. The van der Waals surface area contributed by atoms with Crippen molar-refractivity contribution in [3.63, 3.8) is 0 Å². The van der Waals surface area contributed by atoms with Crippen LogP contribution in [0.1, 0.15) is 24.2 Å². The molecule has 10 heteroatoms. The lowest BCUT2D eigenvalue weighted by Crippen LogP contribution is -2.55. The Morgan fingerprint density at radius 1 is 1.37 bits per heavy atom. The molecule has 0 bridgehead atoms. The molecule has 1 fully saturated rings. The van der Waals surface area contributed by atoms with E-state index in [1.54, 1.807) is 43.1 Å². The van der Waals surface area contributed by atoms with E-state index in [0.29, 0.717) is 5.82 Å². The van der Waals surface area contributed by atoms with Crippen LogP contribution in [0, 0.1) is 6.92 Å². The number of hydrogen-bond acceptors (Lipinski definition) is 5. The zero-order valence-corrected chi connectivity index (χ0v) is 16.0. The third-order valence-corrected chi connectivity index (χ3v) is 6.42. The van der Waals surface area contributed by atoms with Gasteiger partial charge in [-0.05, 0) is 37.5 Å². The molecule has 3 rings (SSSR count). The van der Waals surface area contributed by atoms with Crippen LogP contribution < -0.4 is 5.32 Å². The summed E-state index contributed by atoms with van der Waals surface area (Å²) >= 11 is 0. The number of carbonyl (C=O) groups excluding carboxylic acids is 1. The van der Waals surface area contributed by atoms with Gasteiger partial charge in [-0.3, -0.25) is 9.78 Å². The highest BCUT2D eigenvalue weighted by Crippen LogP contribution is 2.29. The third-order valence-electron chi connectivity index (χ3n) is 4.71. The van der Waals surface area contributed by atoms with Crippen LogP contribution in [0.4, 0.5) is 4.39 Å². The largest absolute Gasteiger partial charge is 0.349 e. The van der Waals surface area contributed by atoms with Crippen LogP contribution in [0.2, 0.25) is 0 Å². The summed E-state index contributed by atoms with van der Waals surface area (Å²) in [6.45, 7) is 1.47. The Morgan fingerprint density at radius 3 is 2.70 bits per heavy atom. The molecule has 0 saturated carbocycles. The summed E-state index contributed by atoms with van der Waals surface area (Å²) < 4.78 is 43.5. The molecular weight excluding hydrogens is 373 g/mol. The van der Waals surface area contributed by atoms with Gasteiger partial charge in [0.2, 0.25) is 5.67 Å². The first-order chi connectivity index (χ1) is 12.7. The quantitative estimate of drug-likeness (QED) is 0.812. The predicted molar refractivity (Wildman–Crippen MR) is 95.9 cm³/mol. The molecule has 2 aromatic heterocycles. The van der Waals surface area contributed by atoms with Crippen molar-refractivity contribution in [1.29, 1.82) is 0 Å². The summed E-state index contributed by atoms with van der Waals surface area (Å²) in [5.41, 5.74) is -1.49. The van der Waals surface area contributed by atoms with Crippen molar-refractivity contribution in [2.24, 2.45) is 7.05 Å². The Kier molecular flexibility index (Phi) is 5.29. The van der Waals surface area contributed by atoms with Gasteiger partial charge >= 0.3 is 0 Å². The molecule has 0 spiro atoms. The number of pyridine rings is 1. The predicted octanol–water partition coefficient (Wildman–Crippen LogP) is 0.933. The molecule has 8 nitrogen and oxygen atoms in total. The molecule has 2 aromatic rings. The summed E-state index contributed by atoms with van der Waals surface area (Å²) in [5, 5.41) is 2.42. The van der Waals surface area contributed by atoms with Crippen LogP contribution in [0.15, 0.2) is 35.7 Å². The fourth-order valence-corrected chi connectivity index (χ4v) is 4.54. The minimum Gasteiger partial charge on any atom is -0.349 e. The van der Waals surface area contributed by atoms with Gasteiger partial charge < -0.3 is 9.88 Å². The lowest BCUT2D eigenvalue weighted by atomic mass is 9.95. The molecule has 1 aliphatic rings. The molecule has 1 atom stereocenters. The number of nitrogens with zero attached hydrogens (tertiary/aromatic N) is 4. The van der Waals surface area contributed by atoms with Gasteiger partial charge in [0.25, 0.3) is 15.9 Å². The SMILES string of the molecule is Cc1nc(S(=O)(=O)N2CCCC(F)(C(=O)NCc3ccncc3)C2)cn1C. The fourth-order valence-electron chi connectivity index (χ4n) is 2.99. The van der Waals surface area contributed by atoms with Crippen LogP contribution >= 0.6 is 0 Å². The highest BCUT2D eigenvalue weighted by Gasteiger charge is 2.46. The van der Waals surface area contributed by atoms with Crippen molar-refractivity contribution in [2.75, 3.05) is 13.1 Å². The van der Waals surface area contributed by atoms with Gasteiger partial charge in [0.15, 0.2) is 5.03 Å². The number of aromatic nitrogens is 3. The number of imidazole rings is 1. The first-order valence-electron chi connectivity index (χ1n) is 8.59. The molecule has 27 heavy (non-hydrogen) atoms. The molecule has 0 radical (unpaired) electrons. The average Bonchev–Trinajstić information content (AvgIpc) is 3.00. The zero-order chi connectivity index (χ0) is 19.7. The van der Waals surface area contributed by atoms with E-state index in [-0.39, 0.29) is 31.0 Å². The minimum atomic E-state index is -3.96. The summed E-state index contributed by atoms with van der Waals surface area (Å²) in [6, 6.07) is 3.43. The number of halogens is 1. The van der Waals surface area contributed by atoms with Crippen molar-refractivity contribution in [3.05, 3.63) is 42.1 Å². The summed E-state index contributed by atoms with van der Waals surface area (Å²) in [4.78, 5) is 20.3. The Balaban J connectivity index is 1.73. The van der Waals surface area contributed by atoms with E-state index in [1.165, 1.54) is 6.20 Å². The molecule has 0 aromatic carbocycles. The number of hydrogen-bond donors (Lipinski definition) is 1. The lowest BCUT2D eigenvalue weighted by Gasteiger charge is -2.35. The minimum absolute atomic E-state index is 0.0254. The van der Waals surface area contributed by atoms with Crippen molar-refractivity contribution in [1.82, 2.24) is 24.2 Å². The van der Waals surface area contributed by atoms with Crippen LogP contribution in [-0.2, 0) is 28.4 Å². The van der Waals surface area contributed by atoms with Gasteiger partial charge in [-0.1, -0.05) is 0 Å². The normalized spacial score (nSPS) is 21.1. The number of sulfonamides is 1. The van der Waals surface area contributed by atoms with Gasteiger partial charge in [0.05, 0.1) is 6.54 Å². The monoisotopic (exact) mass is 395 g/mol. The maximum Gasteiger partial charge on any atom is 0.262 e. The second kappa shape index (κ2) is 7.35. The summed E-state index contributed by atoms with van der Waals surface area (Å²) in [7, 11) is -2.28. The molecule has 0 aliphatic carbocycles. The number of alkyl halides is 1. The van der Waals surface area contributed by atoms with Gasteiger partial charge in [-0.15, -0.1) is 0 Å². The molecule has 1 amide bonds. The number of aryl methyl sites for hydroxylation is 2. The standard InChI is InChI=1S/C17H22FN5O3S/c1-13-21-15(11-22(13)2)27(25,26)23-9-3-6-17(18,12-23)16(24)20-10-14-4-7-19-8-5-14/h4-5,7-8,11H,3,6,9-10,12H2,1-2H3,(H,20,24). The molecule has 3 heterocycles. The fraction of sp³-hybridized carbons (Fsp3) is 0.471. The topological polar surface area (TPSA) is 97.2 Å². The maximum absolute atomic E-state index is 15.3. The van der Waals surface area contributed by atoms with E-state index >= 15 is 4.39 Å². The van der Waals surface area contributed by atoms with Crippen molar-refractivity contribution >= 4 is 15.9 Å². The van der Waals surface area contributed by atoms with Crippen LogP contribution in [0.3, 0.4) is 0 Å². The van der Waals surface area contributed by atoms with Crippen LogP contribution in [0.25, 0.3) is 0 Å². The van der Waals surface area contributed by atoms with Crippen molar-refractivity contribution in [2.45, 2.75) is 37.0 Å². The first kappa shape index (κ1) is 19.4. The van der Waals surface area contributed by atoms with E-state index in [0.717, 1.165) is 9.87 Å². The average molecular weight is 395 g/mol. The summed E-state index contributed by atoms with van der Waals surface area (Å²) in [5.74, 6) is -0.274. The van der Waals surface area contributed by atoms with E-state index in [2.05, 4.69) is 15.3 Å². The smallest absolute Gasteiger partial charge is 0.262 e. The zero-order valence-electron chi connectivity index (χ0n) is 15.2. The molecule has 1 aliphatic heterocycles. The van der Waals surface area contributed by atoms with E-state index in [9.17, 15) is 13.2 Å². The van der Waals surface area contributed by atoms with Crippen LogP contribution in [-0.4, -0.2) is 51.9 Å². The Morgan fingerprint density at radius 2 is 2.07 bits per heavy atom. The first-order valence-corrected chi connectivity index (χ1v) is 10.0. The highest BCUT2D eigenvalue weighted by atomic mass is 32.2. The van der Waals surface area contributed by atoms with E-state index in [4.69, 9.17) is 0 Å². The van der Waals surface area contributed by atoms with Gasteiger partial charge in [-0.2, -0.15) is 4.31 Å². The second-order valence-corrected chi connectivity index (χ2v) is 8.57. The van der Waals surface area contributed by atoms with Crippen LogP contribution in [0.5, 0.6) is 0 Å². The van der Waals surface area contributed by atoms with E-state index in [1.807, 2.05) is 0 Å². The number of carbonyl (C=O) groups is 1. The van der Waals surface area contributed by atoms with Gasteiger partial charge in [-0.25, -0.2) is 17.8 Å². The van der Waals surface area contributed by atoms with Gasteiger partial charge in [0.1, 0.15) is 5.82 Å². The number of nitrogens with one attached hydrogen (secondary N) is 1. The van der Waals surface area contributed by atoms with E-state index < -0.39 is 28.1 Å². The second-order valence-electron chi connectivity index (χ2n) is 6.68. The Labute approximate surface area is 157 Å². The van der Waals surface area contributed by atoms with Gasteiger partial charge in [0, 0.05) is 38.7 Å². The molecule has 1 saturated heterocycles. The number of piperidine rings is 1. The van der Waals surface area contributed by atoms with Crippen molar-refractivity contribution in [3.8, 4) is 0 Å². The Hall–Kier alpha value is -2.33. The maximum atomic E-state index is 15.3. The number of amides is 1. The van der Waals surface area contributed by atoms with Crippen molar-refractivity contribution < 1.29 is 17.6 Å².